The summed E-state index contributed by atoms with van der Waals surface area (Å²) in [7, 11) is -1.21. The van der Waals surface area contributed by atoms with E-state index < -0.39 is 19.8 Å². The second-order valence-electron chi connectivity index (χ2n) is 10.4. The lowest BCUT2D eigenvalue weighted by Crippen LogP contribution is -2.26. The number of carboxylic acids is 1. The third kappa shape index (κ3) is 5.57. The first-order valence-electron chi connectivity index (χ1n) is 11.9. The van der Waals surface area contributed by atoms with E-state index in [9.17, 15) is 14.4 Å². The summed E-state index contributed by atoms with van der Waals surface area (Å²) in [5.41, 5.74) is 4.45. The van der Waals surface area contributed by atoms with E-state index in [-0.39, 0.29) is 25.1 Å². The molecule has 8 nitrogen and oxygen atoms in total. The van der Waals surface area contributed by atoms with Crippen molar-refractivity contribution in [3.05, 3.63) is 69.2 Å². The van der Waals surface area contributed by atoms with Crippen molar-refractivity contribution in [2.45, 2.75) is 64.8 Å². The van der Waals surface area contributed by atoms with Crippen LogP contribution in [0.4, 0.5) is 0 Å². The van der Waals surface area contributed by atoms with Gasteiger partial charge in [-0.3, -0.25) is 9.59 Å². The maximum Gasteiger partial charge on any atom is 0.421 e. The molecule has 0 spiro atoms. The summed E-state index contributed by atoms with van der Waals surface area (Å²) in [6.07, 6.45) is 0.483. The molecule has 0 aliphatic carbocycles. The van der Waals surface area contributed by atoms with Crippen LogP contribution < -0.4 is 5.76 Å². The molecule has 2 aromatic carbocycles. The molecule has 1 amide bonds. The average molecular weight is 497 g/mol. The Labute approximate surface area is 205 Å². The van der Waals surface area contributed by atoms with Crippen LogP contribution in [0.5, 0.6) is 0 Å². The Morgan fingerprint density at radius 3 is 2.57 bits per heavy atom. The molecular weight excluding hydrogens is 464 g/mol. The number of carboxylic acid groups (broad SMARTS) is 1. The van der Waals surface area contributed by atoms with Crippen molar-refractivity contribution in [3.8, 4) is 0 Å². The Hall–Kier alpha value is -3.17. The zero-order valence-electron chi connectivity index (χ0n) is 20.7. The SMILES string of the molecule is CC1c2cc(CCC(=O)O)ccc2C(=O)N1Cc1ccc2c(c1)oc(=O)n2COCC[Si](C)(C)C. The molecule has 0 radical (unpaired) electrons. The summed E-state index contributed by atoms with van der Waals surface area (Å²) in [6.45, 7) is 9.94. The summed E-state index contributed by atoms with van der Waals surface area (Å²) in [5, 5.41) is 8.95. The van der Waals surface area contributed by atoms with Gasteiger partial charge in [-0.25, -0.2) is 9.36 Å². The zero-order valence-corrected chi connectivity index (χ0v) is 21.7. The number of oxazole rings is 1. The summed E-state index contributed by atoms with van der Waals surface area (Å²) in [6, 6.07) is 12.0. The van der Waals surface area contributed by atoms with Gasteiger partial charge in [-0.05, 0) is 54.3 Å². The van der Waals surface area contributed by atoms with Gasteiger partial charge in [-0.15, -0.1) is 0 Å². The van der Waals surface area contributed by atoms with Crippen molar-refractivity contribution in [3.63, 3.8) is 0 Å². The number of ether oxygens (including phenoxy) is 1. The smallest absolute Gasteiger partial charge is 0.421 e. The molecule has 9 heteroatoms. The van der Waals surface area contributed by atoms with E-state index in [4.69, 9.17) is 14.3 Å². The number of carbonyl (C=O) groups excluding carboxylic acids is 1. The van der Waals surface area contributed by atoms with Crippen molar-refractivity contribution in [1.82, 2.24) is 9.47 Å². The van der Waals surface area contributed by atoms with Crippen molar-refractivity contribution in [2.75, 3.05) is 6.61 Å². The first kappa shape index (κ1) is 24.9. The van der Waals surface area contributed by atoms with Gasteiger partial charge in [0.2, 0.25) is 0 Å². The van der Waals surface area contributed by atoms with Gasteiger partial charge in [0.1, 0.15) is 6.73 Å². The van der Waals surface area contributed by atoms with Gasteiger partial charge in [0.15, 0.2) is 5.58 Å². The minimum Gasteiger partial charge on any atom is -0.481 e. The minimum absolute atomic E-state index is 0.0546. The predicted octanol–water partition coefficient (Wildman–Crippen LogP) is 4.64. The Kier molecular flexibility index (Phi) is 7.00. The number of carbonyl (C=O) groups is 2. The van der Waals surface area contributed by atoms with Crippen LogP contribution in [0.15, 0.2) is 45.6 Å². The monoisotopic (exact) mass is 496 g/mol. The van der Waals surface area contributed by atoms with E-state index in [0.717, 1.165) is 22.7 Å². The number of aryl methyl sites for hydroxylation is 1. The first-order valence-corrected chi connectivity index (χ1v) is 15.6. The van der Waals surface area contributed by atoms with Crippen LogP contribution in [0.25, 0.3) is 11.1 Å². The summed E-state index contributed by atoms with van der Waals surface area (Å²) in [4.78, 5) is 38.1. The van der Waals surface area contributed by atoms with Gasteiger partial charge in [-0.1, -0.05) is 37.8 Å². The zero-order chi connectivity index (χ0) is 25.3. The highest BCUT2D eigenvalue weighted by molar-refractivity contribution is 6.76. The lowest BCUT2D eigenvalue weighted by atomic mass is 10.00. The molecule has 1 aliphatic rings. The molecule has 35 heavy (non-hydrogen) atoms. The molecule has 3 aromatic rings. The largest absolute Gasteiger partial charge is 0.481 e. The quantitative estimate of drug-likeness (QED) is 0.324. The molecule has 1 aliphatic heterocycles. The molecule has 186 valence electrons. The molecule has 1 atom stereocenters. The van der Waals surface area contributed by atoms with Crippen molar-refractivity contribution in [2.24, 2.45) is 0 Å². The number of aromatic nitrogens is 1. The minimum atomic E-state index is -1.21. The Morgan fingerprint density at radius 1 is 1.11 bits per heavy atom. The van der Waals surface area contributed by atoms with E-state index in [1.807, 2.05) is 31.2 Å². The van der Waals surface area contributed by atoms with E-state index in [1.54, 1.807) is 17.0 Å². The molecule has 1 N–H and O–H groups in total. The van der Waals surface area contributed by atoms with Crippen LogP contribution in [0.3, 0.4) is 0 Å². The molecule has 0 fully saturated rings. The number of benzene rings is 2. The van der Waals surface area contributed by atoms with E-state index in [1.165, 1.54) is 4.57 Å². The average Bonchev–Trinajstić information content (AvgIpc) is 3.22. The highest BCUT2D eigenvalue weighted by atomic mass is 28.3. The summed E-state index contributed by atoms with van der Waals surface area (Å²) >= 11 is 0. The number of aliphatic carboxylic acids is 1. The standard InChI is InChI=1S/C26H32N2O6Si/c1-17-21-13-18(7-10-24(29)30)5-8-20(21)25(31)27(17)15-19-6-9-22-23(14-19)34-26(32)28(22)16-33-11-12-35(2,3)4/h5-6,8-9,13-14,17H,7,10-12,15-16H2,1-4H3,(H,29,30). The van der Waals surface area contributed by atoms with Crippen molar-refractivity contribution >= 4 is 31.1 Å². The second kappa shape index (κ2) is 9.83. The molecule has 2 heterocycles. The Bertz CT molecular complexity index is 1320. The van der Waals surface area contributed by atoms with Crippen molar-refractivity contribution < 1.29 is 23.8 Å². The molecular formula is C26H32N2O6Si. The third-order valence-electron chi connectivity index (χ3n) is 6.45. The molecule has 1 aromatic heterocycles. The van der Waals surface area contributed by atoms with Gasteiger partial charge in [0.05, 0.1) is 11.6 Å². The fourth-order valence-electron chi connectivity index (χ4n) is 4.33. The summed E-state index contributed by atoms with van der Waals surface area (Å²) in [5.74, 6) is -1.37. The Morgan fingerprint density at radius 2 is 1.86 bits per heavy atom. The fraction of sp³-hybridized carbons (Fsp3) is 0.423. The Balaban J connectivity index is 1.48. The lowest BCUT2D eigenvalue weighted by Gasteiger charge is -2.22. The number of amides is 1. The number of fused-ring (bicyclic) bond motifs is 2. The second-order valence-corrected chi connectivity index (χ2v) is 16.0. The molecule has 0 saturated heterocycles. The highest BCUT2D eigenvalue weighted by Crippen LogP contribution is 2.35. The van der Waals surface area contributed by atoms with Crippen LogP contribution in [0.1, 0.15) is 46.4 Å². The highest BCUT2D eigenvalue weighted by Gasteiger charge is 2.34. The van der Waals surface area contributed by atoms with Gasteiger partial charge < -0.3 is 19.2 Å². The lowest BCUT2D eigenvalue weighted by molar-refractivity contribution is -0.136. The number of nitrogens with zero attached hydrogens (tertiary/aromatic N) is 2. The maximum absolute atomic E-state index is 13.1. The van der Waals surface area contributed by atoms with E-state index in [0.29, 0.717) is 36.2 Å². The van der Waals surface area contributed by atoms with E-state index >= 15 is 0 Å². The predicted molar refractivity (Wildman–Crippen MR) is 135 cm³/mol. The van der Waals surface area contributed by atoms with Crippen LogP contribution >= 0.6 is 0 Å². The van der Waals surface area contributed by atoms with Crippen LogP contribution in [-0.4, -0.2) is 41.1 Å². The van der Waals surface area contributed by atoms with Crippen LogP contribution in [-0.2, 0) is 29.2 Å². The molecule has 4 rings (SSSR count). The van der Waals surface area contributed by atoms with Crippen LogP contribution in [0, 0.1) is 0 Å². The molecule has 1 unspecified atom stereocenters. The first-order chi connectivity index (χ1) is 16.5. The van der Waals surface area contributed by atoms with Crippen molar-refractivity contribution in [1.29, 1.82) is 0 Å². The summed E-state index contributed by atoms with van der Waals surface area (Å²) < 4.78 is 12.7. The number of hydrogen-bond donors (Lipinski definition) is 1. The van der Waals surface area contributed by atoms with Gasteiger partial charge >= 0.3 is 11.7 Å². The number of rotatable bonds is 10. The van der Waals surface area contributed by atoms with Crippen LogP contribution in [0.2, 0.25) is 25.7 Å². The maximum atomic E-state index is 13.1. The number of hydrogen-bond acceptors (Lipinski definition) is 5. The van der Waals surface area contributed by atoms with E-state index in [2.05, 4.69) is 19.6 Å². The topological polar surface area (TPSA) is 102 Å². The fourth-order valence-corrected chi connectivity index (χ4v) is 5.09. The van der Waals surface area contributed by atoms with Gasteiger partial charge in [0.25, 0.3) is 5.91 Å². The molecule has 0 bridgehead atoms. The normalized spacial score (nSPS) is 15.7. The molecule has 0 saturated carbocycles. The third-order valence-corrected chi connectivity index (χ3v) is 8.16. The van der Waals surface area contributed by atoms with Gasteiger partial charge in [0, 0.05) is 33.2 Å². The van der Waals surface area contributed by atoms with Gasteiger partial charge in [-0.2, -0.15) is 0 Å².